The number of rotatable bonds is 5. The summed E-state index contributed by atoms with van der Waals surface area (Å²) in [5.74, 6) is -0.514. The number of hydrogen-bond acceptors (Lipinski definition) is 6. The van der Waals surface area contributed by atoms with E-state index in [1.54, 1.807) is 17.0 Å². The second-order valence-electron chi connectivity index (χ2n) is 7.86. The molecule has 0 atom stereocenters. The standard InChI is InChI=1S/C24H20FN5O3S/c25-17-7-5-16(6-8-17)23(31)29-13-11-28(12-14-29)18-9-10-21(30(32)33)22(15-18)34-24-26-19-3-1-2-4-20(19)27-24/h1-10,15H,11-14H2,(H,26,27). The Balaban J connectivity index is 1.32. The van der Waals surface area contributed by atoms with Gasteiger partial charge in [-0.3, -0.25) is 14.9 Å². The zero-order valence-electron chi connectivity index (χ0n) is 18.0. The van der Waals surface area contributed by atoms with Crippen LogP contribution in [0, 0.1) is 15.9 Å². The van der Waals surface area contributed by atoms with E-state index in [0.29, 0.717) is 41.8 Å². The molecule has 1 fully saturated rings. The van der Waals surface area contributed by atoms with Crippen LogP contribution >= 0.6 is 11.8 Å². The number of nitro benzene ring substituents is 1. The number of nitrogens with one attached hydrogen (secondary N) is 1. The van der Waals surface area contributed by atoms with Crippen molar-refractivity contribution in [1.82, 2.24) is 14.9 Å². The van der Waals surface area contributed by atoms with Gasteiger partial charge in [-0.25, -0.2) is 9.37 Å². The van der Waals surface area contributed by atoms with Crippen molar-refractivity contribution in [3.8, 4) is 0 Å². The summed E-state index contributed by atoms with van der Waals surface area (Å²) in [7, 11) is 0. The van der Waals surface area contributed by atoms with Gasteiger partial charge >= 0.3 is 0 Å². The van der Waals surface area contributed by atoms with Crippen LogP contribution in [-0.2, 0) is 0 Å². The monoisotopic (exact) mass is 477 g/mol. The molecule has 1 aliphatic heterocycles. The summed E-state index contributed by atoms with van der Waals surface area (Å²) in [4.78, 5) is 36.0. The number of nitrogens with zero attached hydrogens (tertiary/aromatic N) is 4. The van der Waals surface area contributed by atoms with Gasteiger partial charge in [-0.1, -0.05) is 12.1 Å². The third kappa shape index (κ3) is 4.44. The Morgan fingerprint density at radius 2 is 1.76 bits per heavy atom. The first kappa shape index (κ1) is 21.9. The largest absolute Gasteiger partial charge is 0.368 e. The fraction of sp³-hybridized carbons (Fsp3) is 0.167. The van der Waals surface area contributed by atoms with Crippen molar-refractivity contribution >= 4 is 40.1 Å². The van der Waals surface area contributed by atoms with Crippen molar-refractivity contribution in [3.05, 3.63) is 88.2 Å². The fourth-order valence-corrected chi connectivity index (χ4v) is 4.90. The maximum absolute atomic E-state index is 13.2. The zero-order chi connectivity index (χ0) is 23.7. The van der Waals surface area contributed by atoms with Crippen molar-refractivity contribution in [2.24, 2.45) is 0 Å². The van der Waals surface area contributed by atoms with Gasteiger partial charge < -0.3 is 14.8 Å². The number of benzene rings is 3. The molecule has 10 heteroatoms. The molecule has 0 saturated carbocycles. The highest BCUT2D eigenvalue weighted by Crippen LogP contribution is 2.37. The molecule has 5 rings (SSSR count). The maximum atomic E-state index is 13.2. The number of halogens is 1. The van der Waals surface area contributed by atoms with Crippen LogP contribution in [0.25, 0.3) is 11.0 Å². The summed E-state index contributed by atoms with van der Waals surface area (Å²) in [6, 6.07) is 18.2. The molecule has 0 spiro atoms. The van der Waals surface area contributed by atoms with E-state index in [1.807, 2.05) is 24.3 Å². The second kappa shape index (κ2) is 9.14. The number of H-pyrrole nitrogens is 1. The second-order valence-corrected chi connectivity index (χ2v) is 8.89. The van der Waals surface area contributed by atoms with Crippen molar-refractivity contribution < 1.29 is 14.1 Å². The molecule has 1 amide bonds. The molecule has 8 nitrogen and oxygen atoms in total. The van der Waals surface area contributed by atoms with Crippen molar-refractivity contribution in [3.63, 3.8) is 0 Å². The minimum Gasteiger partial charge on any atom is -0.368 e. The number of amides is 1. The highest BCUT2D eigenvalue weighted by atomic mass is 32.2. The van der Waals surface area contributed by atoms with Crippen LogP contribution in [0.2, 0.25) is 0 Å². The zero-order valence-corrected chi connectivity index (χ0v) is 18.8. The number of aromatic amines is 1. The van der Waals surface area contributed by atoms with Crippen molar-refractivity contribution in [2.75, 3.05) is 31.1 Å². The van der Waals surface area contributed by atoms with Crippen LogP contribution < -0.4 is 4.90 Å². The Kier molecular flexibility index (Phi) is 5.89. The van der Waals surface area contributed by atoms with E-state index in [2.05, 4.69) is 14.9 Å². The van der Waals surface area contributed by atoms with Gasteiger partial charge in [-0.2, -0.15) is 0 Å². The van der Waals surface area contributed by atoms with Crippen LogP contribution in [0.1, 0.15) is 10.4 Å². The Labute approximate surface area is 198 Å². The molecule has 4 aromatic rings. The maximum Gasteiger partial charge on any atom is 0.283 e. The van der Waals surface area contributed by atoms with E-state index in [1.165, 1.54) is 42.1 Å². The summed E-state index contributed by atoms with van der Waals surface area (Å²) in [6.07, 6.45) is 0. The minimum absolute atomic E-state index is 0.0133. The molecule has 0 bridgehead atoms. The molecule has 2 heterocycles. The molecule has 172 valence electrons. The van der Waals surface area contributed by atoms with E-state index < -0.39 is 4.92 Å². The van der Waals surface area contributed by atoms with Gasteiger partial charge in [0, 0.05) is 43.5 Å². The number of nitro groups is 1. The number of carbonyl (C=O) groups is 1. The van der Waals surface area contributed by atoms with Crippen molar-refractivity contribution in [2.45, 2.75) is 10.1 Å². The van der Waals surface area contributed by atoms with Crippen molar-refractivity contribution in [1.29, 1.82) is 0 Å². The van der Waals surface area contributed by atoms with E-state index in [4.69, 9.17) is 0 Å². The first-order valence-corrected chi connectivity index (χ1v) is 11.5. The Bertz CT molecular complexity index is 1330. The highest BCUT2D eigenvalue weighted by Gasteiger charge is 2.24. The SMILES string of the molecule is O=C(c1ccc(F)cc1)N1CCN(c2ccc([N+](=O)[O-])c(Sc3nc4ccccc4[nH]3)c2)CC1. The third-order valence-corrected chi connectivity index (χ3v) is 6.67. The number of anilines is 1. The topological polar surface area (TPSA) is 95.4 Å². The lowest BCUT2D eigenvalue weighted by molar-refractivity contribution is -0.387. The molecule has 34 heavy (non-hydrogen) atoms. The summed E-state index contributed by atoms with van der Waals surface area (Å²) >= 11 is 1.22. The number of para-hydroxylation sites is 2. The fourth-order valence-electron chi connectivity index (χ4n) is 3.96. The molecule has 3 aromatic carbocycles. The summed E-state index contributed by atoms with van der Waals surface area (Å²) in [5.41, 5.74) is 2.98. The van der Waals surface area contributed by atoms with Gasteiger partial charge in [0.1, 0.15) is 5.82 Å². The van der Waals surface area contributed by atoms with Crippen LogP contribution in [0.3, 0.4) is 0 Å². The molecular formula is C24H20FN5O3S. The lowest BCUT2D eigenvalue weighted by Gasteiger charge is -2.36. The van der Waals surface area contributed by atoms with E-state index in [-0.39, 0.29) is 17.4 Å². The average Bonchev–Trinajstić information content (AvgIpc) is 3.26. The molecular weight excluding hydrogens is 457 g/mol. The molecule has 0 radical (unpaired) electrons. The number of piperazine rings is 1. The summed E-state index contributed by atoms with van der Waals surface area (Å²) in [5, 5.41) is 12.2. The van der Waals surface area contributed by atoms with Gasteiger partial charge in [-0.15, -0.1) is 0 Å². The molecule has 1 N–H and O–H groups in total. The van der Waals surface area contributed by atoms with Crippen LogP contribution in [0.15, 0.2) is 76.8 Å². The van der Waals surface area contributed by atoms with Gasteiger partial charge in [0.25, 0.3) is 11.6 Å². The van der Waals surface area contributed by atoms with Gasteiger partial charge in [-0.05, 0) is 60.3 Å². The van der Waals surface area contributed by atoms with Gasteiger partial charge in [0.15, 0.2) is 5.16 Å². The Morgan fingerprint density at radius 3 is 2.47 bits per heavy atom. The molecule has 0 unspecified atom stereocenters. The number of aromatic nitrogens is 2. The number of carbonyl (C=O) groups excluding carboxylic acids is 1. The van der Waals surface area contributed by atoms with E-state index >= 15 is 0 Å². The molecule has 0 aliphatic carbocycles. The number of hydrogen-bond donors (Lipinski definition) is 1. The number of imidazole rings is 1. The Morgan fingerprint density at radius 1 is 1.03 bits per heavy atom. The first-order chi connectivity index (χ1) is 16.5. The molecule has 1 aromatic heterocycles. The van der Waals surface area contributed by atoms with Crippen LogP contribution in [0.4, 0.5) is 15.8 Å². The summed E-state index contributed by atoms with van der Waals surface area (Å²) < 4.78 is 13.2. The smallest absolute Gasteiger partial charge is 0.283 e. The Hall–Kier alpha value is -3.92. The normalized spacial score (nSPS) is 13.9. The van der Waals surface area contributed by atoms with E-state index in [9.17, 15) is 19.3 Å². The van der Waals surface area contributed by atoms with Crippen LogP contribution in [-0.4, -0.2) is 51.9 Å². The predicted octanol–water partition coefficient (Wildman–Crippen LogP) is 4.72. The van der Waals surface area contributed by atoms with Gasteiger partial charge in [0.2, 0.25) is 0 Å². The van der Waals surface area contributed by atoms with Crippen LogP contribution in [0.5, 0.6) is 0 Å². The lowest BCUT2D eigenvalue weighted by atomic mass is 10.1. The molecule has 1 aliphatic rings. The van der Waals surface area contributed by atoms with E-state index in [0.717, 1.165) is 16.7 Å². The van der Waals surface area contributed by atoms with Gasteiger partial charge in [0.05, 0.1) is 20.9 Å². The third-order valence-electron chi connectivity index (χ3n) is 5.74. The lowest BCUT2D eigenvalue weighted by Crippen LogP contribution is -2.48. The first-order valence-electron chi connectivity index (χ1n) is 10.7. The number of fused-ring (bicyclic) bond motifs is 1. The predicted molar refractivity (Wildman–Crippen MR) is 128 cm³/mol. The quantitative estimate of drug-likeness (QED) is 0.330. The highest BCUT2D eigenvalue weighted by molar-refractivity contribution is 7.99. The minimum atomic E-state index is -0.395. The average molecular weight is 478 g/mol. The molecule has 1 saturated heterocycles. The summed E-state index contributed by atoms with van der Waals surface area (Å²) in [6.45, 7) is 2.16.